The lowest BCUT2D eigenvalue weighted by Crippen LogP contribution is -2.03. The number of fused-ring (bicyclic) bond motifs is 7. The van der Waals surface area contributed by atoms with E-state index in [1.165, 1.54) is 43.4 Å². The zero-order valence-electron chi connectivity index (χ0n) is 28.6. The van der Waals surface area contributed by atoms with Gasteiger partial charge < -0.3 is 4.57 Å². The summed E-state index contributed by atoms with van der Waals surface area (Å²) in [6.07, 6.45) is 0. The van der Waals surface area contributed by atoms with Crippen molar-refractivity contribution in [2.75, 3.05) is 0 Å². The molecule has 0 N–H and O–H groups in total. The minimum Gasteiger partial charge on any atom is -0.308 e. The molecule has 0 aliphatic heterocycles. The Hall–Kier alpha value is -7.17. The molecule has 9 aromatic carbocycles. The quantitative estimate of drug-likeness (QED) is 0.175. The standard InChI is InChI=1S/C49H30N4/c1-3-15-31(16-4-1)47-50-48(32-17-5-2-6-18-32)52-49(51-47)45-37-23-11-13-25-39(37)46(40-26-14-12-24-38(40)45)53-43-29-35-21-9-7-19-33(35)27-41(43)42-28-34-20-8-10-22-36(34)30-44(42)53/h1-30H. The molecule has 0 amide bonds. The number of rotatable bonds is 4. The summed E-state index contributed by atoms with van der Waals surface area (Å²) >= 11 is 0. The van der Waals surface area contributed by atoms with Gasteiger partial charge in [-0.15, -0.1) is 0 Å². The van der Waals surface area contributed by atoms with Crippen LogP contribution in [-0.2, 0) is 0 Å². The highest BCUT2D eigenvalue weighted by atomic mass is 15.0. The highest BCUT2D eigenvalue weighted by Crippen LogP contribution is 2.45. The number of benzene rings is 9. The molecule has 246 valence electrons. The average molecular weight is 675 g/mol. The van der Waals surface area contributed by atoms with E-state index in [4.69, 9.17) is 15.0 Å². The van der Waals surface area contributed by atoms with E-state index in [-0.39, 0.29) is 0 Å². The third-order valence-corrected chi connectivity index (χ3v) is 10.5. The van der Waals surface area contributed by atoms with Gasteiger partial charge in [0.15, 0.2) is 17.5 Å². The van der Waals surface area contributed by atoms with Crippen LogP contribution in [0.25, 0.3) is 105 Å². The lowest BCUT2D eigenvalue weighted by atomic mass is 9.93. The van der Waals surface area contributed by atoms with Crippen LogP contribution in [0.1, 0.15) is 0 Å². The second-order valence-corrected chi connectivity index (χ2v) is 13.6. The largest absolute Gasteiger partial charge is 0.308 e. The molecule has 0 bridgehead atoms. The van der Waals surface area contributed by atoms with Crippen LogP contribution < -0.4 is 0 Å². The fourth-order valence-corrected chi connectivity index (χ4v) is 8.14. The van der Waals surface area contributed by atoms with Crippen molar-refractivity contribution in [3.63, 3.8) is 0 Å². The van der Waals surface area contributed by atoms with Crippen molar-refractivity contribution < 1.29 is 0 Å². The van der Waals surface area contributed by atoms with Crippen LogP contribution in [0, 0.1) is 0 Å². The molecule has 2 aromatic heterocycles. The van der Waals surface area contributed by atoms with Crippen molar-refractivity contribution in [1.82, 2.24) is 19.5 Å². The van der Waals surface area contributed by atoms with E-state index in [9.17, 15) is 0 Å². The van der Waals surface area contributed by atoms with Gasteiger partial charge in [-0.05, 0) is 56.6 Å². The third kappa shape index (κ3) is 4.66. The van der Waals surface area contributed by atoms with Crippen molar-refractivity contribution in [3.05, 3.63) is 182 Å². The summed E-state index contributed by atoms with van der Waals surface area (Å²) in [5.41, 5.74) is 6.39. The Morgan fingerprint density at radius 3 is 1.11 bits per heavy atom. The minimum absolute atomic E-state index is 0.646. The van der Waals surface area contributed by atoms with Crippen molar-refractivity contribution in [3.8, 4) is 39.9 Å². The molecule has 0 spiro atoms. The van der Waals surface area contributed by atoms with Gasteiger partial charge in [0.25, 0.3) is 0 Å². The summed E-state index contributed by atoms with van der Waals surface area (Å²) < 4.78 is 2.50. The predicted octanol–water partition coefficient (Wildman–Crippen LogP) is 12.6. The smallest absolute Gasteiger partial charge is 0.165 e. The molecule has 0 atom stereocenters. The van der Waals surface area contributed by atoms with Crippen LogP contribution in [0.15, 0.2) is 182 Å². The van der Waals surface area contributed by atoms with E-state index in [1.807, 2.05) is 36.4 Å². The molecule has 0 aliphatic rings. The van der Waals surface area contributed by atoms with Gasteiger partial charge in [0.1, 0.15) is 0 Å². The van der Waals surface area contributed by atoms with Gasteiger partial charge in [0.05, 0.1) is 16.7 Å². The van der Waals surface area contributed by atoms with Crippen LogP contribution in [0.2, 0.25) is 0 Å². The molecule has 0 saturated heterocycles. The van der Waals surface area contributed by atoms with Crippen molar-refractivity contribution >= 4 is 64.9 Å². The molecule has 0 fully saturated rings. The lowest BCUT2D eigenvalue weighted by Gasteiger charge is -2.19. The summed E-state index contributed by atoms with van der Waals surface area (Å²) in [5.74, 6) is 1.94. The normalized spacial score (nSPS) is 11.8. The van der Waals surface area contributed by atoms with E-state index in [1.54, 1.807) is 0 Å². The van der Waals surface area contributed by atoms with E-state index in [0.717, 1.165) is 43.9 Å². The molecule has 2 heterocycles. The first-order valence-electron chi connectivity index (χ1n) is 18.0. The van der Waals surface area contributed by atoms with E-state index < -0.39 is 0 Å². The summed E-state index contributed by atoms with van der Waals surface area (Å²) in [6, 6.07) is 64.6. The molecule has 53 heavy (non-hydrogen) atoms. The van der Waals surface area contributed by atoms with Gasteiger partial charge >= 0.3 is 0 Å². The number of nitrogens with zero attached hydrogens (tertiary/aromatic N) is 4. The summed E-state index contributed by atoms with van der Waals surface area (Å²) in [4.78, 5) is 15.5. The fourth-order valence-electron chi connectivity index (χ4n) is 8.14. The molecule has 0 aliphatic carbocycles. The summed E-state index contributed by atoms with van der Waals surface area (Å²) in [6.45, 7) is 0. The van der Waals surface area contributed by atoms with Gasteiger partial charge in [0, 0.05) is 38.2 Å². The van der Waals surface area contributed by atoms with Crippen LogP contribution in [0.3, 0.4) is 0 Å². The number of hydrogen-bond donors (Lipinski definition) is 0. The first-order chi connectivity index (χ1) is 26.3. The Morgan fingerprint density at radius 2 is 0.660 bits per heavy atom. The Kier molecular flexibility index (Phi) is 6.52. The maximum Gasteiger partial charge on any atom is 0.165 e. The van der Waals surface area contributed by atoms with Crippen LogP contribution in [-0.4, -0.2) is 19.5 Å². The minimum atomic E-state index is 0.646. The third-order valence-electron chi connectivity index (χ3n) is 10.5. The van der Waals surface area contributed by atoms with Gasteiger partial charge in [-0.1, -0.05) is 158 Å². The molecule has 11 aromatic rings. The van der Waals surface area contributed by atoms with E-state index >= 15 is 0 Å². The highest BCUT2D eigenvalue weighted by molar-refractivity contribution is 6.22. The zero-order chi connectivity index (χ0) is 34.9. The maximum atomic E-state index is 5.23. The van der Waals surface area contributed by atoms with Gasteiger partial charge in [-0.2, -0.15) is 0 Å². The Morgan fingerprint density at radius 1 is 0.302 bits per heavy atom. The first-order valence-corrected chi connectivity index (χ1v) is 18.0. The van der Waals surface area contributed by atoms with Crippen molar-refractivity contribution in [2.24, 2.45) is 0 Å². The van der Waals surface area contributed by atoms with Gasteiger partial charge in [-0.25, -0.2) is 15.0 Å². The molecule has 0 radical (unpaired) electrons. The van der Waals surface area contributed by atoms with Crippen molar-refractivity contribution in [2.45, 2.75) is 0 Å². The molecular weight excluding hydrogens is 645 g/mol. The fraction of sp³-hybridized carbons (Fsp3) is 0. The topological polar surface area (TPSA) is 43.6 Å². The molecule has 0 saturated carbocycles. The molecular formula is C49H30N4. The Balaban J connectivity index is 1.29. The molecule has 4 nitrogen and oxygen atoms in total. The molecule has 0 unspecified atom stereocenters. The van der Waals surface area contributed by atoms with Crippen LogP contribution in [0.5, 0.6) is 0 Å². The SMILES string of the molecule is c1ccc(-c2nc(-c3ccccc3)nc(-c3c4ccccc4c(-n4c5cc6ccccc6cc5c5cc6ccccc6cc54)c4ccccc34)n2)cc1. The number of hydrogen-bond acceptors (Lipinski definition) is 3. The number of aromatic nitrogens is 4. The molecule has 4 heteroatoms. The lowest BCUT2D eigenvalue weighted by molar-refractivity contribution is 1.08. The summed E-state index contributed by atoms with van der Waals surface area (Å²) in [5, 5.41) is 11.8. The molecule has 11 rings (SSSR count). The van der Waals surface area contributed by atoms with Crippen molar-refractivity contribution in [1.29, 1.82) is 0 Å². The predicted molar refractivity (Wildman–Crippen MR) is 220 cm³/mol. The highest BCUT2D eigenvalue weighted by Gasteiger charge is 2.23. The average Bonchev–Trinajstić information content (AvgIpc) is 3.52. The van der Waals surface area contributed by atoms with Gasteiger partial charge in [-0.3, -0.25) is 0 Å². The monoisotopic (exact) mass is 674 g/mol. The van der Waals surface area contributed by atoms with Gasteiger partial charge in [0.2, 0.25) is 0 Å². The first kappa shape index (κ1) is 29.5. The second-order valence-electron chi connectivity index (χ2n) is 13.6. The van der Waals surface area contributed by atoms with E-state index in [0.29, 0.717) is 17.5 Å². The Labute approximate surface area is 305 Å². The zero-order valence-corrected chi connectivity index (χ0v) is 28.6. The van der Waals surface area contributed by atoms with Crippen LogP contribution >= 0.6 is 0 Å². The Bertz CT molecular complexity index is 3010. The summed E-state index contributed by atoms with van der Waals surface area (Å²) in [7, 11) is 0. The van der Waals surface area contributed by atoms with E-state index in [2.05, 4.69) is 150 Å². The second kappa shape index (κ2) is 11.7. The maximum absolute atomic E-state index is 5.23. The van der Waals surface area contributed by atoms with Crippen LogP contribution in [0.4, 0.5) is 0 Å².